The molecule has 0 nitrogen and oxygen atoms in total. The van der Waals surface area contributed by atoms with Crippen LogP contribution in [0, 0.1) is 40.4 Å². The number of hydrogen-bond donors (Lipinski definition) is 0. The van der Waals surface area contributed by atoms with Gasteiger partial charge in [-0.2, -0.15) is 0 Å². The molecule has 0 aromatic heterocycles. The van der Waals surface area contributed by atoms with Gasteiger partial charge in [-0.1, -0.05) is 34.6 Å². The minimum Gasteiger partial charge on any atom is -0.0628 e. The second-order valence-corrected chi connectivity index (χ2v) is 8.80. The molecule has 0 aliphatic heterocycles. The molecule has 3 aliphatic carbocycles. The SMILES string of the molecule is CC(C)CC1CC(C)(C)CCC2C3CC3(C)C12. The van der Waals surface area contributed by atoms with Gasteiger partial charge >= 0.3 is 0 Å². The van der Waals surface area contributed by atoms with Gasteiger partial charge in [0.25, 0.3) is 0 Å². The van der Waals surface area contributed by atoms with Crippen LogP contribution in [-0.2, 0) is 0 Å². The Morgan fingerprint density at radius 2 is 1.82 bits per heavy atom. The van der Waals surface area contributed by atoms with Gasteiger partial charge in [0.15, 0.2) is 0 Å². The van der Waals surface area contributed by atoms with Crippen molar-refractivity contribution in [3.8, 4) is 0 Å². The number of hydrogen-bond acceptors (Lipinski definition) is 0. The molecular weight excluding hydrogens is 204 g/mol. The van der Waals surface area contributed by atoms with E-state index in [1.54, 1.807) is 6.42 Å². The first kappa shape index (κ1) is 12.1. The van der Waals surface area contributed by atoms with E-state index in [0.29, 0.717) is 5.41 Å². The highest BCUT2D eigenvalue weighted by Crippen LogP contribution is 2.78. The van der Waals surface area contributed by atoms with Crippen molar-refractivity contribution in [2.75, 3.05) is 0 Å². The summed E-state index contributed by atoms with van der Waals surface area (Å²) in [7, 11) is 0. The molecule has 0 heteroatoms. The number of rotatable bonds is 2. The van der Waals surface area contributed by atoms with Crippen LogP contribution in [0.15, 0.2) is 0 Å². The van der Waals surface area contributed by atoms with E-state index in [1.165, 1.54) is 25.7 Å². The molecule has 98 valence electrons. The van der Waals surface area contributed by atoms with Crippen LogP contribution in [0.4, 0.5) is 0 Å². The average Bonchev–Trinajstić information content (AvgIpc) is 2.74. The van der Waals surface area contributed by atoms with Gasteiger partial charge in [0.2, 0.25) is 0 Å². The maximum absolute atomic E-state index is 2.59. The summed E-state index contributed by atoms with van der Waals surface area (Å²) in [6.07, 6.45) is 7.56. The second kappa shape index (κ2) is 3.52. The summed E-state index contributed by atoms with van der Waals surface area (Å²) < 4.78 is 0. The highest BCUT2D eigenvalue weighted by Gasteiger charge is 2.71. The van der Waals surface area contributed by atoms with E-state index in [0.717, 1.165) is 35.0 Å². The Labute approximate surface area is 108 Å². The van der Waals surface area contributed by atoms with Crippen LogP contribution in [0.5, 0.6) is 0 Å². The molecule has 3 saturated carbocycles. The fourth-order valence-electron chi connectivity index (χ4n) is 5.66. The van der Waals surface area contributed by atoms with Crippen molar-refractivity contribution in [1.82, 2.24) is 0 Å². The molecule has 0 N–H and O–H groups in total. The second-order valence-electron chi connectivity index (χ2n) is 8.80. The van der Waals surface area contributed by atoms with Crippen molar-refractivity contribution in [3.63, 3.8) is 0 Å². The topological polar surface area (TPSA) is 0 Å². The lowest BCUT2D eigenvalue weighted by Crippen LogP contribution is -2.41. The Kier molecular flexibility index (Phi) is 2.49. The van der Waals surface area contributed by atoms with Gasteiger partial charge < -0.3 is 0 Å². The molecule has 5 atom stereocenters. The van der Waals surface area contributed by atoms with E-state index >= 15 is 0 Å². The van der Waals surface area contributed by atoms with E-state index in [-0.39, 0.29) is 0 Å². The van der Waals surface area contributed by atoms with Gasteiger partial charge in [-0.05, 0) is 72.5 Å². The molecule has 5 unspecified atom stereocenters. The van der Waals surface area contributed by atoms with Crippen molar-refractivity contribution in [2.24, 2.45) is 40.4 Å². The summed E-state index contributed by atoms with van der Waals surface area (Å²) in [6, 6.07) is 0. The zero-order chi connectivity index (χ0) is 12.4. The summed E-state index contributed by atoms with van der Waals surface area (Å²) in [6.45, 7) is 12.4. The summed E-state index contributed by atoms with van der Waals surface area (Å²) in [5, 5.41) is 0. The molecule has 0 aromatic rings. The van der Waals surface area contributed by atoms with Crippen molar-refractivity contribution >= 4 is 0 Å². The van der Waals surface area contributed by atoms with Crippen molar-refractivity contribution < 1.29 is 0 Å². The predicted molar refractivity (Wildman–Crippen MR) is 73.8 cm³/mol. The highest BCUT2D eigenvalue weighted by molar-refractivity contribution is 5.20. The van der Waals surface area contributed by atoms with Crippen molar-refractivity contribution in [1.29, 1.82) is 0 Å². The van der Waals surface area contributed by atoms with E-state index in [2.05, 4.69) is 34.6 Å². The van der Waals surface area contributed by atoms with Crippen molar-refractivity contribution in [3.05, 3.63) is 0 Å². The molecule has 0 radical (unpaired) electrons. The maximum atomic E-state index is 2.59. The molecule has 0 aromatic carbocycles. The van der Waals surface area contributed by atoms with E-state index in [9.17, 15) is 0 Å². The normalized spacial score (nSPS) is 51.2. The molecule has 3 fully saturated rings. The maximum Gasteiger partial charge on any atom is -0.0258 e. The quantitative estimate of drug-likeness (QED) is 0.621. The molecule has 0 amide bonds. The summed E-state index contributed by atoms with van der Waals surface area (Å²) in [5.74, 6) is 5.26. The first-order valence-corrected chi connectivity index (χ1v) is 7.83. The largest absolute Gasteiger partial charge is 0.0628 e. The van der Waals surface area contributed by atoms with Crippen LogP contribution in [-0.4, -0.2) is 0 Å². The molecule has 0 heterocycles. The van der Waals surface area contributed by atoms with Gasteiger partial charge in [-0.15, -0.1) is 0 Å². The lowest BCUT2D eigenvalue weighted by Gasteiger charge is -2.47. The van der Waals surface area contributed by atoms with Crippen LogP contribution < -0.4 is 0 Å². The Morgan fingerprint density at radius 1 is 1.12 bits per heavy atom. The van der Waals surface area contributed by atoms with Gasteiger partial charge in [0.1, 0.15) is 0 Å². The van der Waals surface area contributed by atoms with Crippen molar-refractivity contribution in [2.45, 2.75) is 66.7 Å². The first-order valence-electron chi connectivity index (χ1n) is 7.83. The van der Waals surface area contributed by atoms with Crippen LogP contribution in [0.2, 0.25) is 0 Å². The predicted octanol–water partition coefficient (Wildman–Crippen LogP) is 5.13. The van der Waals surface area contributed by atoms with Crippen LogP contribution in [0.25, 0.3) is 0 Å². The fourth-order valence-corrected chi connectivity index (χ4v) is 5.66. The molecule has 3 aliphatic rings. The van der Waals surface area contributed by atoms with Gasteiger partial charge in [-0.25, -0.2) is 0 Å². The van der Waals surface area contributed by atoms with Gasteiger partial charge in [-0.3, -0.25) is 0 Å². The Hall–Kier alpha value is 0. The highest BCUT2D eigenvalue weighted by atomic mass is 14.8. The Balaban J connectivity index is 1.81. The Bertz CT molecular complexity index is 314. The van der Waals surface area contributed by atoms with Gasteiger partial charge in [0.05, 0.1) is 0 Å². The lowest BCUT2D eigenvalue weighted by atomic mass is 9.58. The van der Waals surface area contributed by atoms with E-state index < -0.39 is 0 Å². The van der Waals surface area contributed by atoms with Crippen LogP contribution in [0.3, 0.4) is 0 Å². The summed E-state index contributed by atoms with van der Waals surface area (Å²) >= 11 is 0. The molecule has 0 spiro atoms. The zero-order valence-corrected chi connectivity index (χ0v) is 12.4. The van der Waals surface area contributed by atoms with E-state index in [4.69, 9.17) is 0 Å². The van der Waals surface area contributed by atoms with Crippen LogP contribution >= 0.6 is 0 Å². The third kappa shape index (κ3) is 1.78. The third-order valence-corrected chi connectivity index (χ3v) is 6.34. The standard InChI is InChI=1S/C17H30/c1-11(2)8-12-9-16(3,4)7-6-13-14-10-17(14,5)15(12)13/h11-15H,6-10H2,1-5H3. The van der Waals surface area contributed by atoms with Crippen LogP contribution in [0.1, 0.15) is 66.7 Å². The third-order valence-electron chi connectivity index (χ3n) is 6.34. The number of fused-ring (bicyclic) bond motifs is 4. The van der Waals surface area contributed by atoms with Gasteiger partial charge in [0, 0.05) is 0 Å². The minimum absolute atomic E-state index is 0.611. The molecule has 0 bridgehead atoms. The molecule has 17 heavy (non-hydrogen) atoms. The molecule has 0 saturated heterocycles. The monoisotopic (exact) mass is 234 g/mol. The minimum atomic E-state index is 0.611. The zero-order valence-electron chi connectivity index (χ0n) is 12.4. The summed E-state index contributed by atoms with van der Waals surface area (Å²) in [4.78, 5) is 0. The lowest BCUT2D eigenvalue weighted by molar-refractivity contribution is 0.0105. The smallest absolute Gasteiger partial charge is 0.0258 e. The summed E-state index contributed by atoms with van der Waals surface area (Å²) in [5.41, 5.74) is 1.41. The Morgan fingerprint density at radius 3 is 2.47 bits per heavy atom. The molecular formula is C17H30. The average molecular weight is 234 g/mol. The molecule has 3 rings (SSSR count). The first-order chi connectivity index (χ1) is 7.83. The fraction of sp³-hybridized carbons (Fsp3) is 1.00. The van der Waals surface area contributed by atoms with E-state index in [1.807, 2.05) is 0 Å².